The largest absolute Gasteiger partial charge is 0.381 e. The van der Waals surface area contributed by atoms with Crippen LogP contribution in [0, 0.1) is 11.3 Å². The van der Waals surface area contributed by atoms with Gasteiger partial charge in [0.15, 0.2) is 0 Å². The van der Waals surface area contributed by atoms with E-state index in [0.717, 1.165) is 24.9 Å². The Labute approximate surface area is 113 Å². The summed E-state index contributed by atoms with van der Waals surface area (Å²) in [7, 11) is 2.26. The Morgan fingerprint density at radius 1 is 1.24 bits per heavy atom. The number of nitrogens with zero attached hydrogens (tertiary/aromatic N) is 1. The van der Waals surface area contributed by atoms with Crippen molar-refractivity contribution in [3.05, 3.63) is 0 Å². The number of ether oxygens (including phenoxy) is 1. The molecule has 1 saturated heterocycles. The van der Waals surface area contributed by atoms with Gasteiger partial charge in [-0.05, 0) is 49.8 Å². The van der Waals surface area contributed by atoms with Gasteiger partial charge in [-0.25, -0.2) is 0 Å². The molecule has 0 amide bonds. The van der Waals surface area contributed by atoms with Gasteiger partial charge in [-0.3, -0.25) is 0 Å². The summed E-state index contributed by atoms with van der Waals surface area (Å²) in [4.78, 5) is 2.51. The molecule has 0 aromatic carbocycles. The highest BCUT2D eigenvalue weighted by Crippen LogP contribution is 2.29. The summed E-state index contributed by atoms with van der Waals surface area (Å²) >= 11 is 4.56. The van der Waals surface area contributed by atoms with Crippen molar-refractivity contribution >= 4 is 12.6 Å². The third-order valence-corrected chi connectivity index (χ3v) is 5.02. The first-order valence-corrected chi connectivity index (χ1v) is 7.66. The summed E-state index contributed by atoms with van der Waals surface area (Å²) in [5.41, 5.74) is 0.406. The molecular formula is C14H29NOS. The molecule has 0 saturated carbocycles. The highest BCUT2D eigenvalue weighted by Gasteiger charge is 2.27. The molecule has 0 bridgehead atoms. The van der Waals surface area contributed by atoms with Crippen LogP contribution in [0.25, 0.3) is 0 Å². The monoisotopic (exact) mass is 259 g/mol. The second kappa shape index (κ2) is 7.65. The van der Waals surface area contributed by atoms with Crippen molar-refractivity contribution in [1.29, 1.82) is 0 Å². The van der Waals surface area contributed by atoms with E-state index in [9.17, 15) is 0 Å². The molecule has 0 aromatic heterocycles. The smallest absolute Gasteiger partial charge is 0.0469 e. The standard InChI is InChI=1S/C14H29NOS/c1-4-14(5-2,12-17)11-15(3)10-13-6-8-16-9-7-13/h13,17H,4-12H2,1-3H3. The summed E-state index contributed by atoms with van der Waals surface area (Å²) in [6.45, 7) is 8.90. The van der Waals surface area contributed by atoms with E-state index in [0.29, 0.717) is 5.41 Å². The van der Waals surface area contributed by atoms with Crippen LogP contribution in [0.4, 0.5) is 0 Å². The average molecular weight is 259 g/mol. The average Bonchev–Trinajstić information content (AvgIpc) is 2.37. The van der Waals surface area contributed by atoms with E-state index >= 15 is 0 Å². The maximum absolute atomic E-state index is 5.41. The van der Waals surface area contributed by atoms with Crippen LogP contribution in [-0.2, 0) is 4.74 Å². The fraction of sp³-hybridized carbons (Fsp3) is 1.00. The number of rotatable bonds is 7. The molecule has 17 heavy (non-hydrogen) atoms. The molecule has 0 atom stereocenters. The summed E-state index contributed by atoms with van der Waals surface area (Å²) in [6.07, 6.45) is 4.92. The van der Waals surface area contributed by atoms with Gasteiger partial charge in [0, 0.05) is 26.3 Å². The fourth-order valence-electron chi connectivity index (χ4n) is 2.75. The summed E-state index contributed by atoms with van der Waals surface area (Å²) in [5, 5.41) is 0. The summed E-state index contributed by atoms with van der Waals surface area (Å²) < 4.78 is 5.41. The Morgan fingerprint density at radius 3 is 2.29 bits per heavy atom. The fourth-order valence-corrected chi connectivity index (χ4v) is 3.30. The van der Waals surface area contributed by atoms with Gasteiger partial charge in [-0.2, -0.15) is 12.6 Å². The molecule has 102 valence electrons. The molecule has 0 spiro atoms. The van der Waals surface area contributed by atoms with E-state index in [-0.39, 0.29) is 0 Å². The Morgan fingerprint density at radius 2 is 1.82 bits per heavy atom. The predicted molar refractivity (Wildman–Crippen MR) is 77.9 cm³/mol. The maximum Gasteiger partial charge on any atom is 0.0469 e. The van der Waals surface area contributed by atoms with Crippen LogP contribution in [0.3, 0.4) is 0 Å². The topological polar surface area (TPSA) is 12.5 Å². The summed E-state index contributed by atoms with van der Waals surface area (Å²) in [5.74, 6) is 1.83. The third-order valence-electron chi connectivity index (χ3n) is 4.35. The molecule has 0 N–H and O–H groups in total. The highest BCUT2D eigenvalue weighted by atomic mass is 32.1. The lowest BCUT2D eigenvalue weighted by Crippen LogP contribution is -2.39. The minimum atomic E-state index is 0.406. The Balaban J connectivity index is 2.38. The van der Waals surface area contributed by atoms with E-state index in [1.54, 1.807) is 0 Å². The Bertz CT molecular complexity index is 192. The lowest BCUT2D eigenvalue weighted by Gasteiger charge is -2.36. The minimum Gasteiger partial charge on any atom is -0.381 e. The van der Waals surface area contributed by atoms with Crippen molar-refractivity contribution in [2.45, 2.75) is 39.5 Å². The quantitative estimate of drug-likeness (QED) is 0.705. The second-order valence-electron chi connectivity index (χ2n) is 5.62. The van der Waals surface area contributed by atoms with Crippen molar-refractivity contribution in [3.8, 4) is 0 Å². The van der Waals surface area contributed by atoms with Crippen LogP contribution in [-0.4, -0.2) is 44.0 Å². The highest BCUT2D eigenvalue weighted by molar-refractivity contribution is 7.80. The first kappa shape index (κ1) is 15.3. The van der Waals surface area contributed by atoms with Gasteiger partial charge in [0.05, 0.1) is 0 Å². The molecule has 0 unspecified atom stereocenters. The zero-order valence-electron chi connectivity index (χ0n) is 11.7. The van der Waals surface area contributed by atoms with Crippen molar-refractivity contribution in [1.82, 2.24) is 4.90 Å². The molecule has 3 heteroatoms. The lowest BCUT2D eigenvalue weighted by molar-refractivity contribution is 0.0501. The number of hydrogen-bond acceptors (Lipinski definition) is 3. The van der Waals surface area contributed by atoms with Crippen LogP contribution in [0.15, 0.2) is 0 Å². The van der Waals surface area contributed by atoms with E-state index in [1.807, 2.05) is 0 Å². The van der Waals surface area contributed by atoms with Crippen molar-refractivity contribution < 1.29 is 4.74 Å². The van der Waals surface area contributed by atoms with Gasteiger partial charge in [0.2, 0.25) is 0 Å². The van der Waals surface area contributed by atoms with E-state index < -0.39 is 0 Å². The Hall–Kier alpha value is 0.270. The Kier molecular flexibility index (Phi) is 6.90. The molecular weight excluding hydrogens is 230 g/mol. The summed E-state index contributed by atoms with van der Waals surface area (Å²) in [6, 6.07) is 0. The first-order chi connectivity index (χ1) is 8.15. The van der Waals surface area contributed by atoms with Crippen LogP contribution < -0.4 is 0 Å². The van der Waals surface area contributed by atoms with Crippen LogP contribution >= 0.6 is 12.6 Å². The molecule has 1 heterocycles. The van der Waals surface area contributed by atoms with Crippen LogP contribution in [0.1, 0.15) is 39.5 Å². The molecule has 0 aromatic rings. The maximum atomic E-state index is 5.41. The van der Waals surface area contributed by atoms with Gasteiger partial charge in [0.25, 0.3) is 0 Å². The van der Waals surface area contributed by atoms with E-state index in [4.69, 9.17) is 4.74 Å². The molecule has 1 aliphatic rings. The number of thiol groups is 1. The molecule has 1 fully saturated rings. The van der Waals surface area contributed by atoms with Gasteiger partial charge in [-0.1, -0.05) is 13.8 Å². The number of hydrogen-bond donors (Lipinski definition) is 1. The SMILES string of the molecule is CCC(CC)(CS)CN(C)CC1CCOCC1. The van der Waals surface area contributed by atoms with E-state index in [1.165, 1.54) is 38.8 Å². The van der Waals surface area contributed by atoms with Crippen molar-refractivity contribution in [2.24, 2.45) is 11.3 Å². The van der Waals surface area contributed by atoms with Crippen LogP contribution in [0.2, 0.25) is 0 Å². The van der Waals surface area contributed by atoms with Crippen molar-refractivity contribution in [2.75, 3.05) is 39.1 Å². The van der Waals surface area contributed by atoms with Crippen LogP contribution in [0.5, 0.6) is 0 Å². The molecule has 0 radical (unpaired) electrons. The normalized spacial score (nSPS) is 18.9. The molecule has 1 aliphatic heterocycles. The lowest BCUT2D eigenvalue weighted by atomic mass is 9.83. The van der Waals surface area contributed by atoms with Crippen molar-refractivity contribution in [3.63, 3.8) is 0 Å². The van der Waals surface area contributed by atoms with Gasteiger partial charge < -0.3 is 9.64 Å². The first-order valence-electron chi connectivity index (χ1n) is 7.03. The third kappa shape index (κ3) is 4.80. The zero-order chi connectivity index (χ0) is 12.7. The molecule has 1 rings (SSSR count). The van der Waals surface area contributed by atoms with Gasteiger partial charge in [-0.15, -0.1) is 0 Å². The van der Waals surface area contributed by atoms with E-state index in [2.05, 4.69) is 38.4 Å². The minimum absolute atomic E-state index is 0.406. The molecule has 0 aliphatic carbocycles. The van der Waals surface area contributed by atoms with Gasteiger partial charge in [0.1, 0.15) is 0 Å². The predicted octanol–water partition coefficient (Wildman–Crippen LogP) is 3.08. The second-order valence-corrected chi connectivity index (χ2v) is 5.93. The molecule has 2 nitrogen and oxygen atoms in total. The zero-order valence-corrected chi connectivity index (χ0v) is 12.6. The van der Waals surface area contributed by atoms with Gasteiger partial charge >= 0.3 is 0 Å².